The quantitative estimate of drug-likeness (QED) is 0.845. The monoisotopic (exact) mass is 269 g/mol. The van der Waals surface area contributed by atoms with Gasteiger partial charge >= 0.3 is 0 Å². The third-order valence-corrected chi connectivity index (χ3v) is 2.96. The van der Waals surface area contributed by atoms with Gasteiger partial charge in [0, 0.05) is 29.4 Å². The summed E-state index contributed by atoms with van der Waals surface area (Å²) in [7, 11) is 0. The van der Waals surface area contributed by atoms with E-state index in [1.165, 1.54) is 0 Å². The van der Waals surface area contributed by atoms with Gasteiger partial charge in [-0.05, 0) is 30.0 Å². The Balaban J connectivity index is 3.03. The molecule has 1 aromatic rings. The third-order valence-electron chi connectivity index (χ3n) is 2.72. The molecule has 0 atom stereocenters. The molecule has 2 nitrogen and oxygen atoms in total. The first kappa shape index (κ1) is 15.3. The average Bonchev–Trinajstić information content (AvgIpc) is 2.26. The molecule has 0 spiro atoms. The first-order chi connectivity index (χ1) is 8.43. The molecule has 0 radical (unpaired) electrons. The van der Waals surface area contributed by atoms with Crippen molar-refractivity contribution in [1.82, 2.24) is 0 Å². The van der Waals surface area contributed by atoms with E-state index in [1.54, 1.807) is 0 Å². The van der Waals surface area contributed by atoms with Gasteiger partial charge in [-0.15, -0.1) is 0 Å². The predicted octanol–water partition coefficient (Wildman–Crippen LogP) is 3.95. The third kappa shape index (κ3) is 4.51. The van der Waals surface area contributed by atoms with Gasteiger partial charge in [0.2, 0.25) is 0 Å². The van der Waals surface area contributed by atoms with Crippen LogP contribution in [0.25, 0.3) is 0 Å². The molecule has 3 heteroatoms. The Labute approximate surface area is 116 Å². The summed E-state index contributed by atoms with van der Waals surface area (Å²) in [4.78, 5) is 2.34. The molecule has 0 aliphatic rings. The first-order valence-electron chi connectivity index (χ1n) is 6.58. The minimum absolute atomic E-state index is 0.0303. The maximum atomic E-state index is 9.47. The van der Waals surface area contributed by atoms with Crippen LogP contribution in [-0.4, -0.2) is 18.2 Å². The topological polar surface area (TPSA) is 23.5 Å². The molecule has 0 unspecified atom stereocenters. The number of aliphatic hydroxyl groups is 1. The van der Waals surface area contributed by atoms with Gasteiger partial charge in [-0.1, -0.05) is 39.3 Å². The van der Waals surface area contributed by atoms with Crippen LogP contribution in [0.3, 0.4) is 0 Å². The van der Waals surface area contributed by atoms with Crippen molar-refractivity contribution in [2.24, 2.45) is 11.8 Å². The molecule has 0 saturated heterocycles. The standard InChI is InChI=1S/C15H24ClNO/c1-11(2)8-17(9-12(3)4)15-6-5-14(16)7-13(15)10-18/h5-7,11-12,18H,8-10H2,1-4H3. The summed E-state index contributed by atoms with van der Waals surface area (Å²) < 4.78 is 0. The van der Waals surface area contributed by atoms with E-state index in [0.717, 1.165) is 24.3 Å². The van der Waals surface area contributed by atoms with Crippen molar-refractivity contribution in [2.75, 3.05) is 18.0 Å². The molecule has 18 heavy (non-hydrogen) atoms. The smallest absolute Gasteiger partial charge is 0.0702 e. The van der Waals surface area contributed by atoms with E-state index in [1.807, 2.05) is 18.2 Å². The molecule has 0 amide bonds. The molecule has 0 aliphatic heterocycles. The van der Waals surface area contributed by atoms with Crippen molar-refractivity contribution in [3.05, 3.63) is 28.8 Å². The highest BCUT2D eigenvalue weighted by Crippen LogP contribution is 2.26. The number of anilines is 1. The molecule has 1 aromatic carbocycles. The molecular formula is C15H24ClNO. The van der Waals surface area contributed by atoms with E-state index in [9.17, 15) is 5.11 Å². The van der Waals surface area contributed by atoms with Crippen LogP contribution in [0.1, 0.15) is 33.3 Å². The zero-order valence-corrected chi connectivity index (χ0v) is 12.5. The number of nitrogens with zero attached hydrogens (tertiary/aromatic N) is 1. The van der Waals surface area contributed by atoms with Crippen molar-refractivity contribution in [3.63, 3.8) is 0 Å². The summed E-state index contributed by atoms with van der Waals surface area (Å²) in [6, 6.07) is 5.76. The summed E-state index contributed by atoms with van der Waals surface area (Å²) in [6.07, 6.45) is 0. The molecule has 1 N–H and O–H groups in total. The Bertz CT molecular complexity index is 367. The van der Waals surface area contributed by atoms with Gasteiger partial charge in [-0.25, -0.2) is 0 Å². The van der Waals surface area contributed by atoms with Crippen LogP contribution in [0.15, 0.2) is 18.2 Å². The number of halogens is 1. The van der Waals surface area contributed by atoms with Crippen LogP contribution in [0.4, 0.5) is 5.69 Å². The van der Waals surface area contributed by atoms with E-state index in [2.05, 4.69) is 32.6 Å². The van der Waals surface area contributed by atoms with Gasteiger partial charge in [0.05, 0.1) is 6.61 Å². The van der Waals surface area contributed by atoms with E-state index in [-0.39, 0.29) is 6.61 Å². The Morgan fingerprint density at radius 3 is 2.11 bits per heavy atom. The lowest BCUT2D eigenvalue weighted by atomic mass is 10.1. The minimum atomic E-state index is 0.0303. The van der Waals surface area contributed by atoms with Crippen molar-refractivity contribution < 1.29 is 5.11 Å². The second-order valence-corrected chi connectivity index (χ2v) is 6.06. The van der Waals surface area contributed by atoms with Crippen molar-refractivity contribution in [1.29, 1.82) is 0 Å². The zero-order valence-electron chi connectivity index (χ0n) is 11.8. The van der Waals surface area contributed by atoms with Crippen molar-refractivity contribution >= 4 is 17.3 Å². The molecule has 0 fully saturated rings. The van der Waals surface area contributed by atoms with Gasteiger partial charge in [-0.2, -0.15) is 0 Å². The second-order valence-electron chi connectivity index (χ2n) is 5.62. The van der Waals surface area contributed by atoms with Crippen LogP contribution in [0, 0.1) is 11.8 Å². The highest BCUT2D eigenvalue weighted by atomic mass is 35.5. The van der Waals surface area contributed by atoms with Crippen LogP contribution in [0.2, 0.25) is 5.02 Å². The van der Waals surface area contributed by atoms with Crippen LogP contribution in [-0.2, 0) is 6.61 Å². The number of hydrogen-bond acceptors (Lipinski definition) is 2. The molecule has 1 rings (SSSR count). The highest BCUT2D eigenvalue weighted by molar-refractivity contribution is 6.30. The van der Waals surface area contributed by atoms with Gasteiger partial charge in [-0.3, -0.25) is 0 Å². The SMILES string of the molecule is CC(C)CN(CC(C)C)c1ccc(Cl)cc1CO. The summed E-state index contributed by atoms with van der Waals surface area (Å²) in [6.45, 7) is 10.9. The molecular weight excluding hydrogens is 246 g/mol. The minimum Gasteiger partial charge on any atom is -0.392 e. The fourth-order valence-corrected chi connectivity index (χ4v) is 2.34. The van der Waals surface area contributed by atoms with Gasteiger partial charge in [0.15, 0.2) is 0 Å². The average molecular weight is 270 g/mol. The molecule has 102 valence electrons. The number of hydrogen-bond donors (Lipinski definition) is 1. The van der Waals surface area contributed by atoms with Crippen LogP contribution < -0.4 is 4.90 Å². The van der Waals surface area contributed by atoms with Crippen molar-refractivity contribution in [3.8, 4) is 0 Å². The fraction of sp³-hybridized carbons (Fsp3) is 0.600. The summed E-state index contributed by atoms with van der Waals surface area (Å²) in [5.74, 6) is 1.18. The maximum absolute atomic E-state index is 9.47. The Hall–Kier alpha value is -0.730. The molecule has 0 aromatic heterocycles. The van der Waals surface area contributed by atoms with Gasteiger partial charge < -0.3 is 10.0 Å². The first-order valence-corrected chi connectivity index (χ1v) is 6.96. The lowest BCUT2D eigenvalue weighted by molar-refractivity contribution is 0.282. The van der Waals surface area contributed by atoms with Gasteiger partial charge in [0.1, 0.15) is 0 Å². The van der Waals surface area contributed by atoms with E-state index in [4.69, 9.17) is 11.6 Å². The normalized spacial score (nSPS) is 11.3. The molecule has 0 aliphatic carbocycles. The summed E-state index contributed by atoms with van der Waals surface area (Å²) >= 11 is 5.98. The largest absolute Gasteiger partial charge is 0.392 e. The second kappa shape index (κ2) is 7.01. The van der Waals surface area contributed by atoms with E-state index >= 15 is 0 Å². The fourth-order valence-electron chi connectivity index (χ4n) is 2.14. The van der Waals surface area contributed by atoms with Gasteiger partial charge in [0.25, 0.3) is 0 Å². The van der Waals surface area contributed by atoms with Crippen LogP contribution in [0.5, 0.6) is 0 Å². The lowest BCUT2D eigenvalue weighted by Crippen LogP contribution is -2.32. The Kier molecular flexibility index (Phi) is 5.97. The van der Waals surface area contributed by atoms with E-state index in [0.29, 0.717) is 16.9 Å². The maximum Gasteiger partial charge on any atom is 0.0702 e. The zero-order chi connectivity index (χ0) is 13.7. The summed E-state index contributed by atoms with van der Waals surface area (Å²) in [5.41, 5.74) is 2.01. The summed E-state index contributed by atoms with van der Waals surface area (Å²) in [5, 5.41) is 10.2. The Morgan fingerprint density at radius 2 is 1.67 bits per heavy atom. The molecule has 0 bridgehead atoms. The van der Waals surface area contributed by atoms with E-state index < -0.39 is 0 Å². The molecule has 0 heterocycles. The predicted molar refractivity (Wildman–Crippen MR) is 79.3 cm³/mol. The number of rotatable bonds is 6. The Morgan fingerprint density at radius 1 is 1.11 bits per heavy atom. The highest BCUT2D eigenvalue weighted by Gasteiger charge is 2.14. The van der Waals surface area contributed by atoms with Crippen LogP contribution >= 0.6 is 11.6 Å². The lowest BCUT2D eigenvalue weighted by Gasteiger charge is -2.30. The molecule has 0 saturated carbocycles. The number of aliphatic hydroxyl groups excluding tert-OH is 1. The number of benzene rings is 1. The van der Waals surface area contributed by atoms with Crippen molar-refractivity contribution in [2.45, 2.75) is 34.3 Å².